The summed E-state index contributed by atoms with van der Waals surface area (Å²) in [6.07, 6.45) is 7.48. The lowest BCUT2D eigenvalue weighted by molar-refractivity contribution is -0.274. The van der Waals surface area contributed by atoms with Gasteiger partial charge in [0, 0.05) is 35.7 Å². The maximum atomic E-state index is 13.1. The number of fused-ring (bicyclic) bond motifs is 1. The van der Waals surface area contributed by atoms with Gasteiger partial charge in [-0.15, -0.1) is 25.6 Å². The van der Waals surface area contributed by atoms with Crippen molar-refractivity contribution in [3.8, 4) is 16.9 Å². The normalized spacial score (nSPS) is 20.4. The number of nitrogens with one attached hydrogen (secondary N) is 1. The molecule has 0 aliphatic heterocycles. The van der Waals surface area contributed by atoms with E-state index in [4.69, 9.17) is 5.73 Å². The SMILES string of the molecule is Cl.NC1CCC(NC(=O)Cc2cn(CC3CCCCC3)c3ccc(-c4cccc(OC(F)(F)F)c4)cc23)CC1. The quantitative estimate of drug-likeness (QED) is 0.321. The van der Waals surface area contributed by atoms with Crippen LogP contribution in [-0.4, -0.2) is 28.9 Å². The molecule has 1 aromatic heterocycles. The molecule has 2 aliphatic rings. The third-order valence-corrected chi connectivity index (χ3v) is 8.03. The molecule has 2 fully saturated rings. The molecule has 0 unspecified atom stereocenters. The number of benzene rings is 2. The molecule has 0 spiro atoms. The van der Waals surface area contributed by atoms with E-state index in [-0.39, 0.29) is 42.6 Å². The third-order valence-electron chi connectivity index (χ3n) is 8.03. The maximum absolute atomic E-state index is 13.1. The zero-order valence-corrected chi connectivity index (χ0v) is 22.8. The van der Waals surface area contributed by atoms with Crippen LogP contribution in [0, 0.1) is 5.92 Å². The fourth-order valence-electron chi connectivity index (χ4n) is 6.08. The Morgan fingerprint density at radius 3 is 2.41 bits per heavy atom. The monoisotopic (exact) mass is 563 g/mol. The molecule has 1 amide bonds. The predicted octanol–water partition coefficient (Wildman–Crippen LogP) is 7.14. The number of alkyl halides is 3. The predicted molar refractivity (Wildman–Crippen MR) is 150 cm³/mol. The van der Waals surface area contributed by atoms with Crippen LogP contribution in [0.5, 0.6) is 5.75 Å². The van der Waals surface area contributed by atoms with Gasteiger partial charge in [0.1, 0.15) is 5.75 Å². The molecule has 2 aliphatic carbocycles. The Hall–Kier alpha value is -2.71. The van der Waals surface area contributed by atoms with Crippen LogP contribution < -0.4 is 15.8 Å². The van der Waals surface area contributed by atoms with Gasteiger partial charge < -0.3 is 20.4 Å². The van der Waals surface area contributed by atoms with Crippen LogP contribution in [0.15, 0.2) is 48.7 Å². The molecule has 212 valence electrons. The number of carbonyl (C=O) groups is 1. The first-order valence-electron chi connectivity index (χ1n) is 13.8. The fraction of sp³-hybridized carbons (Fsp3) is 0.500. The van der Waals surface area contributed by atoms with Crippen molar-refractivity contribution in [1.29, 1.82) is 0 Å². The Labute approximate surface area is 233 Å². The van der Waals surface area contributed by atoms with E-state index in [0.717, 1.165) is 54.3 Å². The first kappa shape index (κ1) is 29.3. The molecule has 39 heavy (non-hydrogen) atoms. The number of hydrogen-bond donors (Lipinski definition) is 2. The summed E-state index contributed by atoms with van der Waals surface area (Å²) in [6.45, 7) is 0.910. The van der Waals surface area contributed by atoms with E-state index in [9.17, 15) is 18.0 Å². The van der Waals surface area contributed by atoms with Crippen LogP contribution in [0.2, 0.25) is 0 Å². The second-order valence-corrected chi connectivity index (χ2v) is 11.0. The highest BCUT2D eigenvalue weighted by Gasteiger charge is 2.31. The molecule has 2 saturated carbocycles. The van der Waals surface area contributed by atoms with E-state index >= 15 is 0 Å². The number of aromatic nitrogens is 1. The van der Waals surface area contributed by atoms with Gasteiger partial charge >= 0.3 is 6.36 Å². The zero-order chi connectivity index (χ0) is 26.7. The summed E-state index contributed by atoms with van der Waals surface area (Å²) in [7, 11) is 0. The minimum Gasteiger partial charge on any atom is -0.406 e. The summed E-state index contributed by atoms with van der Waals surface area (Å²) in [6, 6.07) is 12.3. The van der Waals surface area contributed by atoms with Crippen LogP contribution in [0.4, 0.5) is 13.2 Å². The van der Waals surface area contributed by atoms with Gasteiger partial charge in [0.15, 0.2) is 0 Å². The Balaban J connectivity index is 0.00000353. The number of nitrogens with two attached hydrogens (primary N) is 1. The second-order valence-electron chi connectivity index (χ2n) is 11.0. The van der Waals surface area contributed by atoms with Gasteiger partial charge in [-0.25, -0.2) is 0 Å². The molecule has 1 heterocycles. The highest BCUT2D eigenvalue weighted by atomic mass is 35.5. The largest absolute Gasteiger partial charge is 0.573 e. The van der Waals surface area contributed by atoms with Gasteiger partial charge in [-0.3, -0.25) is 4.79 Å². The lowest BCUT2D eigenvalue weighted by atomic mass is 9.89. The first-order chi connectivity index (χ1) is 18.2. The topological polar surface area (TPSA) is 69.3 Å². The highest BCUT2D eigenvalue weighted by Crippen LogP contribution is 2.33. The lowest BCUT2D eigenvalue weighted by Crippen LogP contribution is -2.41. The number of ether oxygens (including phenoxy) is 1. The summed E-state index contributed by atoms with van der Waals surface area (Å²) in [5.41, 5.74) is 9.41. The second kappa shape index (κ2) is 12.6. The number of carbonyl (C=O) groups excluding carboxylic acids is 1. The standard InChI is InChI=1S/C30H36F3N3O2.ClH/c31-30(32,33)38-26-8-4-7-21(15-26)22-9-14-28-27(16-22)23(19-36(28)18-20-5-2-1-3-6-20)17-29(37)35-25-12-10-24(34)11-13-25;/h4,7-9,14-16,19-20,24-25H,1-3,5-6,10-13,17-18,34H2,(H,35,37);1H. The van der Waals surface area contributed by atoms with Gasteiger partial charge in [0.05, 0.1) is 6.42 Å². The van der Waals surface area contributed by atoms with E-state index in [1.54, 1.807) is 12.1 Å². The minimum absolute atomic E-state index is 0. The Kier molecular flexibility index (Phi) is 9.49. The number of halogens is 4. The average molecular weight is 564 g/mol. The van der Waals surface area contributed by atoms with Gasteiger partial charge in [-0.2, -0.15) is 0 Å². The van der Waals surface area contributed by atoms with Gasteiger partial charge in [-0.05, 0) is 85.4 Å². The van der Waals surface area contributed by atoms with Crippen LogP contribution in [0.3, 0.4) is 0 Å². The van der Waals surface area contributed by atoms with Crippen molar-refractivity contribution in [1.82, 2.24) is 9.88 Å². The number of rotatable bonds is 7. The molecule has 5 nitrogen and oxygen atoms in total. The van der Waals surface area contributed by atoms with E-state index < -0.39 is 6.36 Å². The highest BCUT2D eigenvalue weighted by molar-refractivity contribution is 5.92. The van der Waals surface area contributed by atoms with Gasteiger partial charge in [0.25, 0.3) is 0 Å². The molecule has 2 aromatic carbocycles. The van der Waals surface area contributed by atoms with Crippen molar-refractivity contribution in [3.05, 3.63) is 54.2 Å². The molecule has 0 saturated heterocycles. The van der Waals surface area contributed by atoms with E-state index in [0.29, 0.717) is 11.5 Å². The molecular weight excluding hydrogens is 527 g/mol. The Morgan fingerprint density at radius 2 is 1.69 bits per heavy atom. The van der Waals surface area contributed by atoms with Crippen molar-refractivity contribution < 1.29 is 22.7 Å². The molecular formula is C30H37ClF3N3O2. The number of amides is 1. The lowest BCUT2D eigenvalue weighted by Gasteiger charge is -2.26. The Morgan fingerprint density at radius 1 is 0.974 bits per heavy atom. The average Bonchev–Trinajstić information content (AvgIpc) is 3.21. The van der Waals surface area contributed by atoms with Crippen LogP contribution in [0.25, 0.3) is 22.0 Å². The van der Waals surface area contributed by atoms with Gasteiger partial charge in [-0.1, -0.05) is 37.5 Å². The molecule has 5 rings (SSSR count). The first-order valence-corrected chi connectivity index (χ1v) is 13.8. The summed E-state index contributed by atoms with van der Waals surface area (Å²) in [4.78, 5) is 13.1. The summed E-state index contributed by atoms with van der Waals surface area (Å²) in [5.74, 6) is 0.355. The van der Waals surface area contributed by atoms with E-state index in [1.165, 1.54) is 44.2 Å². The van der Waals surface area contributed by atoms with E-state index in [1.807, 2.05) is 18.2 Å². The molecule has 0 radical (unpaired) electrons. The van der Waals surface area contributed by atoms with Crippen molar-refractivity contribution in [3.63, 3.8) is 0 Å². The summed E-state index contributed by atoms with van der Waals surface area (Å²) >= 11 is 0. The summed E-state index contributed by atoms with van der Waals surface area (Å²) < 4.78 is 44.7. The van der Waals surface area contributed by atoms with Crippen molar-refractivity contribution in [2.45, 2.75) is 89.2 Å². The fourth-order valence-corrected chi connectivity index (χ4v) is 6.08. The van der Waals surface area contributed by atoms with Crippen LogP contribution in [-0.2, 0) is 17.8 Å². The maximum Gasteiger partial charge on any atom is 0.573 e. The number of nitrogens with zero attached hydrogens (tertiary/aromatic N) is 1. The van der Waals surface area contributed by atoms with Gasteiger partial charge in [0.2, 0.25) is 5.91 Å². The third kappa shape index (κ3) is 7.70. The van der Waals surface area contributed by atoms with Crippen molar-refractivity contribution in [2.75, 3.05) is 0 Å². The zero-order valence-electron chi connectivity index (χ0n) is 22.0. The minimum atomic E-state index is -4.75. The smallest absolute Gasteiger partial charge is 0.406 e. The van der Waals surface area contributed by atoms with E-state index in [2.05, 4.69) is 20.8 Å². The molecule has 0 bridgehead atoms. The molecule has 3 N–H and O–H groups in total. The van der Waals surface area contributed by atoms with Crippen molar-refractivity contribution >= 4 is 29.2 Å². The van der Waals surface area contributed by atoms with Crippen LogP contribution in [0.1, 0.15) is 63.4 Å². The summed E-state index contributed by atoms with van der Waals surface area (Å²) in [5, 5.41) is 4.15. The molecule has 3 aromatic rings. The molecule has 0 atom stereocenters. The Bertz CT molecular complexity index is 1260. The van der Waals surface area contributed by atoms with Crippen molar-refractivity contribution in [2.24, 2.45) is 11.7 Å². The molecule has 9 heteroatoms. The van der Waals surface area contributed by atoms with Crippen LogP contribution >= 0.6 is 12.4 Å². The number of hydrogen-bond acceptors (Lipinski definition) is 3.